The van der Waals surface area contributed by atoms with Crippen molar-refractivity contribution in [2.75, 3.05) is 20.1 Å². The van der Waals surface area contributed by atoms with Crippen LogP contribution in [0.2, 0.25) is 0 Å². The van der Waals surface area contributed by atoms with Crippen LogP contribution in [0.25, 0.3) is 0 Å². The molecule has 2 rings (SSSR count). The molecule has 0 aliphatic rings. The largest absolute Gasteiger partial charge is 0.357 e. The Hall–Kier alpha value is -0.610. The van der Waals surface area contributed by atoms with E-state index in [9.17, 15) is 0 Å². The number of rotatable bonds is 6. The molecule has 8 heteroatoms. The molecular formula is C15H23BrIN5S. The van der Waals surface area contributed by atoms with Crippen molar-refractivity contribution in [2.24, 2.45) is 4.99 Å². The molecule has 2 aromatic rings. The molecule has 0 aromatic carbocycles. The number of aliphatic imine (C=N–C) groups is 1. The Labute approximate surface area is 167 Å². The Kier molecular flexibility index (Phi) is 9.15. The van der Waals surface area contributed by atoms with Gasteiger partial charge in [-0.3, -0.25) is 9.67 Å². The van der Waals surface area contributed by atoms with Gasteiger partial charge in [-0.25, -0.2) is 0 Å². The number of thiophene rings is 1. The topological polar surface area (TPSA) is 45.5 Å². The monoisotopic (exact) mass is 511 g/mol. The van der Waals surface area contributed by atoms with Gasteiger partial charge in [0.05, 0.1) is 29.6 Å². The number of guanidine groups is 1. The fraction of sp³-hybridized carbons (Fsp3) is 0.467. The van der Waals surface area contributed by atoms with E-state index in [-0.39, 0.29) is 24.0 Å². The maximum absolute atomic E-state index is 4.68. The number of aromatic nitrogens is 2. The second-order valence-electron chi connectivity index (χ2n) is 5.08. The summed E-state index contributed by atoms with van der Waals surface area (Å²) in [5.74, 6) is 0.927. The van der Waals surface area contributed by atoms with Crippen molar-refractivity contribution in [1.29, 1.82) is 0 Å². The van der Waals surface area contributed by atoms with E-state index in [2.05, 4.69) is 62.3 Å². The lowest BCUT2D eigenvalue weighted by Crippen LogP contribution is -2.38. The van der Waals surface area contributed by atoms with E-state index >= 15 is 0 Å². The predicted octanol–water partition coefficient (Wildman–Crippen LogP) is 3.73. The predicted molar refractivity (Wildman–Crippen MR) is 112 cm³/mol. The third kappa shape index (κ3) is 6.80. The fourth-order valence-electron chi connectivity index (χ4n) is 2.06. The molecule has 0 atom stereocenters. The molecule has 0 unspecified atom stereocenters. The molecule has 1 N–H and O–H groups in total. The van der Waals surface area contributed by atoms with Crippen LogP contribution in [-0.4, -0.2) is 40.8 Å². The van der Waals surface area contributed by atoms with Crippen molar-refractivity contribution in [1.82, 2.24) is 20.0 Å². The van der Waals surface area contributed by atoms with Crippen molar-refractivity contribution >= 4 is 57.2 Å². The molecule has 5 nitrogen and oxygen atoms in total. The minimum atomic E-state index is 0. The van der Waals surface area contributed by atoms with Gasteiger partial charge in [0.1, 0.15) is 0 Å². The number of nitrogens with zero attached hydrogens (tertiary/aromatic N) is 4. The quantitative estimate of drug-likeness (QED) is 0.365. The highest BCUT2D eigenvalue weighted by Gasteiger charge is 2.08. The van der Waals surface area contributed by atoms with Crippen molar-refractivity contribution in [3.8, 4) is 0 Å². The van der Waals surface area contributed by atoms with E-state index in [1.54, 1.807) is 11.3 Å². The van der Waals surface area contributed by atoms with Gasteiger partial charge in [0.15, 0.2) is 5.96 Å². The summed E-state index contributed by atoms with van der Waals surface area (Å²) >= 11 is 5.26. The minimum absolute atomic E-state index is 0. The van der Waals surface area contributed by atoms with E-state index in [0.29, 0.717) is 6.54 Å². The zero-order chi connectivity index (χ0) is 15.9. The van der Waals surface area contributed by atoms with Gasteiger partial charge in [-0.2, -0.15) is 5.10 Å². The molecule has 0 radical (unpaired) electrons. The number of halogens is 2. The van der Waals surface area contributed by atoms with Crippen LogP contribution in [0.4, 0.5) is 0 Å². The highest BCUT2D eigenvalue weighted by Crippen LogP contribution is 2.22. The molecule has 0 spiro atoms. The van der Waals surface area contributed by atoms with Crippen LogP contribution < -0.4 is 5.32 Å². The molecule has 0 amide bonds. The Morgan fingerprint density at radius 3 is 2.83 bits per heavy atom. The molecule has 0 aliphatic carbocycles. The Morgan fingerprint density at radius 2 is 2.26 bits per heavy atom. The summed E-state index contributed by atoms with van der Waals surface area (Å²) in [7, 11) is 2.06. The van der Waals surface area contributed by atoms with Crippen LogP contribution in [0.3, 0.4) is 0 Å². The molecule has 0 saturated carbocycles. The zero-order valence-corrected chi connectivity index (χ0v) is 18.4. The number of hydrogen-bond donors (Lipinski definition) is 1. The average molecular weight is 512 g/mol. The standard InChI is InChI=1S/C15H22BrN5S.HI/c1-4-17-15(18-7-8-21-10-12(2)9-19-21)20(3)11-13-5-6-14(16)22-13;/h5-6,9-10H,4,7-8,11H2,1-3H3,(H,17,18);1H. The number of hydrogen-bond acceptors (Lipinski definition) is 3. The normalized spacial score (nSPS) is 11.2. The maximum atomic E-state index is 4.68. The lowest BCUT2D eigenvalue weighted by Gasteiger charge is -2.21. The van der Waals surface area contributed by atoms with Gasteiger partial charge in [-0.1, -0.05) is 0 Å². The lowest BCUT2D eigenvalue weighted by atomic mass is 10.4. The SMILES string of the molecule is CCNC(=NCCn1cc(C)cn1)N(C)Cc1ccc(Br)s1.I. The molecule has 0 aliphatic heterocycles. The van der Waals surface area contributed by atoms with Gasteiger partial charge in [0.2, 0.25) is 0 Å². The van der Waals surface area contributed by atoms with E-state index in [1.165, 1.54) is 10.4 Å². The first kappa shape index (κ1) is 20.4. The van der Waals surface area contributed by atoms with E-state index in [1.807, 2.05) is 24.0 Å². The second-order valence-corrected chi connectivity index (χ2v) is 7.63. The first-order chi connectivity index (χ1) is 10.6. The van der Waals surface area contributed by atoms with Crippen LogP contribution >= 0.6 is 51.2 Å². The molecular weight excluding hydrogens is 489 g/mol. The first-order valence-electron chi connectivity index (χ1n) is 7.31. The van der Waals surface area contributed by atoms with Crippen molar-refractivity contribution < 1.29 is 0 Å². The number of nitrogens with one attached hydrogen (secondary N) is 1. The Balaban J connectivity index is 0.00000264. The fourth-order valence-corrected chi connectivity index (χ4v) is 3.60. The molecule has 128 valence electrons. The summed E-state index contributed by atoms with van der Waals surface area (Å²) in [5.41, 5.74) is 1.18. The van der Waals surface area contributed by atoms with E-state index in [0.717, 1.165) is 29.4 Å². The molecule has 0 saturated heterocycles. The molecule has 2 heterocycles. The maximum Gasteiger partial charge on any atom is 0.194 e. The summed E-state index contributed by atoms with van der Waals surface area (Å²) in [6.45, 7) is 7.34. The third-order valence-electron chi connectivity index (χ3n) is 3.07. The highest BCUT2D eigenvalue weighted by atomic mass is 127. The summed E-state index contributed by atoms with van der Waals surface area (Å²) in [6, 6.07) is 4.22. The van der Waals surface area contributed by atoms with Gasteiger partial charge < -0.3 is 10.2 Å². The van der Waals surface area contributed by atoms with Crippen molar-refractivity contribution in [3.05, 3.63) is 38.8 Å². The minimum Gasteiger partial charge on any atom is -0.357 e. The van der Waals surface area contributed by atoms with Crippen LogP contribution in [0.15, 0.2) is 33.3 Å². The van der Waals surface area contributed by atoms with Crippen molar-refractivity contribution in [3.63, 3.8) is 0 Å². The third-order valence-corrected chi connectivity index (χ3v) is 4.68. The Morgan fingerprint density at radius 1 is 1.48 bits per heavy atom. The van der Waals surface area contributed by atoms with Gasteiger partial charge in [-0.15, -0.1) is 35.3 Å². The van der Waals surface area contributed by atoms with Gasteiger partial charge in [0, 0.05) is 24.7 Å². The zero-order valence-electron chi connectivity index (χ0n) is 13.6. The Bertz CT molecular complexity index is 625. The van der Waals surface area contributed by atoms with Gasteiger partial charge >= 0.3 is 0 Å². The van der Waals surface area contributed by atoms with Crippen LogP contribution in [0, 0.1) is 6.92 Å². The molecule has 0 fully saturated rings. The first-order valence-corrected chi connectivity index (χ1v) is 8.92. The summed E-state index contributed by atoms with van der Waals surface area (Å²) in [5, 5.41) is 7.62. The molecule has 0 bridgehead atoms. The smallest absolute Gasteiger partial charge is 0.194 e. The van der Waals surface area contributed by atoms with E-state index < -0.39 is 0 Å². The van der Waals surface area contributed by atoms with Crippen LogP contribution in [0.5, 0.6) is 0 Å². The van der Waals surface area contributed by atoms with E-state index in [4.69, 9.17) is 0 Å². The molecule has 23 heavy (non-hydrogen) atoms. The molecule has 2 aromatic heterocycles. The van der Waals surface area contributed by atoms with Crippen LogP contribution in [0.1, 0.15) is 17.4 Å². The van der Waals surface area contributed by atoms with Gasteiger partial charge in [0.25, 0.3) is 0 Å². The van der Waals surface area contributed by atoms with Crippen LogP contribution in [-0.2, 0) is 13.1 Å². The summed E-state index contributed by atoms with van der Waals surface area (Å²) in [6.07, 6.45) is 3.91. The number of aryl methyl sites for hydroxylation is 1. The van der Waals surface area contributed by atoms with Gasteiger partial charge in [-0.05, 0) is 47.5 Å². The van der Waals surface area contributed by atoms with Crippen molar-refractivity contribution in [2.45, 2.75) is 26.9 Å². The summed E-state index contributed by atoms with van der Waals surface area (Å²) in [4.78, 5) is 8.14. The average Bonchev–Trinajstić information content (AvgIpc) is 3.06. The summed E-state index contributed by atoms with van der Waals surface area (Å²) < 4.78 is 3.09. The lowest BCUT2D eigenvalue weighted by molar-refractivity contribution is 0.479. The second kappa shape index (κ2) is 10.3. The highest BCUT2D eigenvalue weighted by molar-refractivity contribution is 14.0.